The van der Waals surface area contributed by atoms with Gasteiger partial charge in [0.15, 0.2) is 5.96 Å². The minimum Gasteiger partial charge on any atom is -0.496 e. The van der Waals surface area contributed by atoms with Crippen LogP contribution >= 0.6 is 24.0 Å². The van der Waals surface area contributed by atoms with Gasteiger partial charge in [-0.05, 0) is 32.0 Å². The molecule has 0 aliphatic carbocycles. The molecular weight excluding hydrogens is 471 g/mol. The van der Waals surface area contributed by atoms with Crippen molar-refractivity contribution in [1.29, 1.82) is 0 Å². The molecule has 1 heterocycles. The molecule has 8 heteroatoms. The molecule has 0 spiro atoms. The number of benzene rings is 1. The molecule has 0 bridgehead atoms. The van der Waals surface area contributed by atoms with Crippen LogP contribution in [0.25, 0.3) is 0 Å². The summed E-state index contributed by atoms with van der Waals surface area (Å²) in [5.41, 5.74) is 1.17. The normalized spacial score (nSPS) is 16.6. The Labute approximate surface area is 185 Å². The number of rotatable bonds is 8. The number of nitrogens with one attached hydrogen (secondary N) is 2. The van der Waals surface area contributed by atoms with Gasteiger partial charge in [-0.3, -0.25) is 14.7 Å². The minimum atomic E-state index is -0.239. The Kier molecular flexibility index (Phi) is 11.2. The van der Waals surface area contributed by atoms with E-state index in [9.17, 15) is 4.79 Å². The molecule has 7 nitrogen and oxygen atoms in total. The molecule has 2 unspecified atom stereocenters. The summed E-state index contributed by atoms with van der Waals surface area (Å²) in [4.78, 5) is 18.3. The highest BCUT2D eigenvalue weighted by atomic mass is 127. The Morgan fingerprint density at radius 2 is 1.82 bits per heavy atom. The number of methoxy groups -OCH3 is 2. The Morgan fingerprint density at radius 1 is 1.18 bits per heavy atom. The largest absolute Gasteiger partial charge is 0.496 e. The van der Waals surface area contributed by atoms with Crippen LogP contribution in [0.15, 0.2) is 29.3 Å². The number of carbonyl (C=O) groups excluding carboxylic acids is 1. The van der Waals surface area contributed by atoms with E-state index in [4.69, 9.17) is 9.47 Å². The molecule has 1 aliphatic rings. The van der Waals surface area contributed by atoms with Gasteiger partial charge in [-0.2, -0.15) is 0 Å². The van der Waals surface area contributed by atoms with Crippen molar-refractivity contribution in [2.45, 2.75) is 25.8 Å². The van der Waals surface area contributed by atoms with E-state index in [1.165, 1.54) is 25.5 Å². The summed E-state index contributed by atoms with van der Waals surface area (Å²) in [6.45, 7) is 5.15. The number of halogens is 1. The number of para-hydroxylation sites is 1. The Hall–Kier alpha value is -1.55. The van der Waals surface area contributed by atoms with E-state index in [1.54, 1.807) is 14.2 Å². The van der Waals surface area contributed by atoms with Crippen LogP contribution in [0.3, 0.4) is 0 Å². The number of carbonyl (C=O) groups is 1. The predicted octanol–water partition coefficient (Wildman–Crippen LogP) is 2.42. The van der Waals surface area contributed by atoms with E-state index < -0.39 is 0 Å². The van der Waals surface area contributed by atoms with Gasteiger partial charge in [-0.15, -0.1) is 24.0 Å². The maximum Gasteiger partial charge on any atom is 0.310 e. The van der Waals surface area contributed by atoms with Crippen molar-refractivity contribution in [3.63, 3.8) is 0 Å². The highest BCUT2D eigenvalue weighted by Gasteiger charge is 2.26. The van der Waals surface area contributed by atoms with E-state index in [0.717, 1.165) is 18.8 Å². The molecule has 0 radical (unpaired) electrons. The van der Waals surface area contributed by atoms with E-state index in [1.807, 2.05) is 25.1 Å². The first-order valence-corrected chi connectivity index (χ1v) is 9.50. The first-order chi connectivity index (χ1) is 13.1. The van der Waals surface area contributed by atoms with Crippen LogP contribution in [0, 0.1) is 5.92 Å². The lowest BCUT2D eigenvalue weighted by Gasteiger charge is -2.30. The number of esters is 1. The third kappa shape index (κ3) is 6.80. The topological polar surface area (TPSA) is 75.2 Å². The van der Waals surface area contributed by atoms with Crippen LogP contribution in [-0.4, -0.2) is 64.3 Å². The number of nitrogens with zero attached hydrogens (tertiary/aromatic N) is 2. The number of hydrogen-bond donors (Lipinski definition) is 2. The minimum absolute atomic E-state index is 0. The van der Waals surface area contributed by atoms with Crippen molar-refractivity contribution in [3.05, 3.63) is 29.8 Å². The van der Waals surface area contributed by atoms with E-state index in [-0.39, 0.29) is 41.9 Å². The molecule has 1 aliphatic heterocycles. The maximum absolute atomic E-state index is 11.6. The third-order valence-corrected chi connectivity index (χ3v) is 4.95. The number of likely N-dealkylation sites (tertiary alicyclic amines) is 1. The quantitative estimate of drug-likeness (QED) is 0.245. The van der Waals surface area contributed by atoms with Crippen LogP contribution in [0.4, 0.5) is 0 Å². The van der Waals surface area contributed by atoms with Gasteiger partial charge in [0.25, 0.3) is 0 Å². The third-order valence-electron chi connectivity index (χ3n) is 4.95. The Morgan fingerprint density at radius 3 is 2.43 bits per heavy atom. The fourth-order valence-electron chi connectivity index (χ4n) is 3.38. The van der Waals surface area contributed by atoms with Gasteiger partial charge < -0.3 is 20.1 Å². The van der Waals surface area contributed by atoms with Gasteiger partial charge in [0.2, 0.25) is 0 Å². The summed E-state index contributed by atoms with van der Waals surface area (Å²) < 4.78 is 10.4. The number of ether oxygens (including phenoxy) is 2. The molecule has 1 fully saturated rings. The van der Waals surface area contributed by atoms with Crippen molar-refractivity contribution in [2.24, 2.45) is 10.9 Å². The van der Waals surface area contributed by atoms with E-state index in [2.05, 4.69) is 26.6 Å². The number of aliphatic imine (C=N–C) groups is 1. The summed E-state index contributed by atoms with van der Waals surface area (Å²) in [7, 11) is 4.84. The molecule has 2 N–H and O–H groups in total. The highest BCUT2D eigenvalue weighted by Crippen LogP contribution is 2.31. The summed E-state index contributed by atoms with van der Waals surface area (Å²) in [6.07, 6.45) is 2.44. The van der Waals surface area contributed by atoms with Gasteiger partial charge in [0, 0.05) is 25.7 Å². The Bertz CT molecular complexity index is 636. The molecule has 158 valence electrons. The molecule has 0 saturated carbocycles. The van der Waals surface area contributed by atoms with Crippen LogP contribution in [-0.2, 0) is 9.53 Å². The van der Waals surface area contributed by atoms with Crippen molar-refractivity contribution < 1.29 is 14.3 Å². The van der Waals surface area contributed by atoms with Crippen LogP contribution in [0.2, 0.25) is 0 Å². The average Bonchev–Trinajstić information content (AvgIpc) is 3.24. The molecule has 2 atom stereocenters. The molecular formula is C20H33IN4O3. The number of guanidine groups is 1. The summed E-state index contributed by atoms with van der Waals surface area (Å²) >= 11 is 0. The SMILES string of the molecule is CN=C(NCC(C)C(=O)OC)NCC(c1ccccc1OC)N1CCCC1.I. The molecule has 0 amide bonds. The average molecular weight is 504 g/mol. The zero-order chi connectivity index (χ0) is 19.6. The second kappa shape index (κ2) is 12.8. The van der Waals surface area contributed by atoms with E-state index in [0.29, 0.717) is 19.0 Å². The van der Waals surface area contributed by atoms with Crippen LogP contribution < -0.4 is 15.4 Å². The maximum atomic E-state index is 11.6. The van der Waals surface area contributed by atoms with Gasteiger partial charge >= 0.3 is 5.97 Å². The second-order valence-corrected chi connectivity index (χ2v) is 6.76. The molecule has 0 aromatic heterocycles. The van der Waals surface area contributed by atoms with Crippen LogP contribution in [0.5, 0.6) is 5.75 Å². The highest BCUT2D eigenvalue weighted by molar-refractivity contribution is 14.0. The summed E-state index contributed by atoms with van der Waals surface area (Å²) in [5.74, 6) is 1.10. The van der Waals surface area contributed by atoms with Gasteiger partial charge in [0.1, 0.15) is 5.75 Å². The molecule has 1 saturated heterocycles. The molecule has 1 aromatic carbocycles. The fraction of sp³-hybridized carbons (Fsp3) is 0.600. The van der Waals surface area contributed by atoms with Gasteiger partial charge in [0.05, 0.1) is 26.2 Å². The van der Waals surface area contributed by atoms with Crippen molar-refractivity contribution in [1.82, 2.24) is 15.5 Å². The van der Waals surface area contributed by atoms with Gasteiger partial charge in [-0.1, -0.05) is 25.1 Å². The van der Waals surface area contributed by atoms with Crippen molar-refractivity contribution >= 4 is 35.9 Å². The molecule has 28 heavy (non-hydrogen) atoms. The zero-order valence-electron chi connectivity index (χ0n) is 17.2. The monoisotopic (exact) mass is 504 g/mol. The lowest BCUT2D eigenvalue weighted by molar-refractivity contribution is -0.144. The molecule has 2 rings (SSSR count). The first kappa shape index (κ1) is 24.5. The summed E-state index contributed by atoms with van der Waals surface area (Å²) in [5, 5.41) is 6.60. The van der Waals surface area contributed by atoms with Crippen molar-refractivity contribution in [3.8, 4) is 5.75 Å². The standard InChI is InChI=1S/C20H32N4O3.HI/c1-15(19(25)27-4)13-22-20(21-2)23-14-17(24-11-7-8-12-24)16-9-5-6-10-18(16)26-3;/h5-6,9-10,15,17H,7-8,11-14H2,1-4H3,(H2,21,22,23);1H. The first-order valence-electron chi connectivity index (χ1n) is 9.50. The van der Waals surface area contributed by atoms with E-state index >= 15 is 0 Å². The molecule has 1 aromatic rings. The lowest BCUT2D eigenvalue weighted by atomic mass is 10.0. The number of hydrogen-bond acceptors (Lipinski definition) is 5. The second-order valence-electron chi connectivity index (χ2n) is 6.76. The Balaban J connectivity index is 0.00000392. The predicted molar refractivity (Wildman–Crippen MR) is 123 cm³/mol. The van der Waals surface area contributed by atoms with Crippen LogP contribution in [0.1, 0.15) is 31.4 Å². The smallest absolute Gasteiger partial charge is 0.310 e. The fourth-order valence-corrected chi connectivity index (χ4v) is 3.38. The summed E-state index contributed by atoms with van der Waals surface area (Å²) in [6, 6.07) is 8.36. The lowest BCUT2D eigenvalue weighted by Crippen LogP contribution is -2.44. The van der Waals surface area contributed by atoms with Gasteiger partial charge in [-0.25, -0.2) is 0 Å². The van der Waals surface area contributed by atoms with Crippen molar-refractivity contribution in [2.75, 3.05) is 47.4 Å². The zero-order valence-corrected chi connectivity index (χ0v) is 19.6.